The van der Waals surface area contributed by atoms with Crippen LogP contribution in [0.1, 0.15) is 33.1 Å². The number of carbonyl (C=O) groups excluding carboxylic acids is 2. The number of ether oxygens (including phenoxy) is 3. The highest BCUT2D eigenvalue weighted by molar-refractivity contribution is 5.87. The van der Waals surface area contributed by atoms with E-state index < -0.39 is 5.97 Å². The van der Waals surface area contributed by atoms with Crippen LogP contribution in [-0.4, -0.2) is 24.8 Å². The zero-order chi connectivity index (χ0) is 15.5. The third-order valence-electron chi connectivity index (χ3n) is 2.26. The maximum absolute atomic E-state index is 11.0. The standard InChI is InChI=1S/C9H14O3.C6H8O2/c1-7(2)9(10)12-8-5-3-4-6-11-8;1-4-8-6(7)5(2)3/h8H,1,3-6H2,2H3;4H,1-2H2,3H3. The minimum Gasteiger partial charge on any atom is -0.432 e. The summed E-state index contributed by atoms with van der Waals surface area (Å²) in [6.07, 6.45) is 3.66. The number of carbonyl (C=O) groups is 2. The van der Waals surface area contributed by atoms with Crippen LogP contribution in [0.3, 0.4) is 0 Å². The van der Waals surface area contributed by atoms with Crippen LogP contribution in [0.25, 0.3) is 0 Å². The van der Waals surface area contributed by atoms with E-state index in [1.54, 1.807) is 13.8 Å². The Bertz CT molecular complexity index is 378. The molecule has 0 spiro atoms. The van der Waals surface area contributed by atoms with E-state index >= 15 is 0 Å². The maximum atomic E-state index is 11.0. The molecule has 0 amide bonds. The van der Waals surface area contributed by atoms with E-state index in [1.165, 1.54) is 0 Å². The Morgan fingerprint density at radius 3 is 2.10 bits per heavy atom. The van der Waals surface area contributed by atoms with Crippen LogP contribution in [0.5, 0.6) is 0 Å². The molecule has 1 saturated heterocycles. The quantitative estimate of drug-likeness (QED) is 0.451. The van der Waals surface area contributed by atoms with Gasteiger partial charge in [0, 0.05) is 17.6 Å². The van der Waals surface area contributed by atoms with Gasteiger partial charge < -0.3 is 14.2 Å². The first-order valence-electron chi connectivity index (χ1n) is 6.34. The molecule has 0 aromatic rings. The Morgan fingerprint density at radius 1 is 1.15 bits per heavy atom. The summed E-state index contributed by atoms with van der Waals surface area (Å²) in [5, 5.41) is 0. The fraction of sp³-hybridized carbons (Fsp3) is 0.467. The molecule has 0 aromatic carbocycles. The number of rotatable bonds is 4. The Balaban J connectivity index is 0.000000396. The molecule has 5 heteroatoms. The molecule has 0 radical (unpaired) electrons. The predicted molar refractivity (Wildman–Crippen MR) is 75.6 cm³/mol. The average molecular weight is 282 g/mol. The minimum atomic E-state index is -0.431. The van der Waals surface area contributed by atoms with Gasteiger partial charge in [-0.15, -0.1) is 0 Å². The monoisotopic (exact) mass is 282 g/mol. The second kappa shape index (κ2) is 9.97. The average Bonchev–Trinajstić information content (AvgIpc) is 2.40. The minimum absolute atomic E-state index is 0.344. The summed E-state index contributed by atoms with van der Waals surface area (Å²) in [5.74, 6) is -0.790. The number of esters is 2. The second-order valence-electron chi connectivity index (χ2n) is 4.33. The van der Waals surface area contributed by atoms with E-state index in [2.05, 4.69) is 24.5 Å². The zero-order valence-electron chi connectivity index (χ0n) is 12.1. The van der Waals surface area contributed by atoms with Gasteiger partial charge in [-0.2, -0.15) is 0 Å². The third-order valence-corrected chi connectivity index (χ3v) is 2.26. The smallest absolute Gasteiger partial charge is 0.337 e. The number of hydrogen-bond acceptors (Lipinski definition) is 5. The van der Waals surface area contributed by atoms with E-state index in [4.69, 9.17) is 9.47 Å². The van der Waals surface area contributed by atoms with E-state index in [1.807, 2.05) is 0 Å². The fourth-order valence-electron chi connectivity index (χ4n) is 1.20. The topological polar surface area (TPSA) is 61.8 Å². The second-order valence-corrected chi connectivity index (χ2v) is 4.33. The van der Waals surface area contributed by atoms with Gasteiger partial charge in [-0.05, 0) is 26.7 Å². The summed E-state index contributed by atoms with van der Waals surface area (Å²) < 4.78 is 14.5. The highest BCUT2D eigenvalue weighted by atomic mass is 16.7. The van der Waals surface area contributed by atoms with Crippen molar-refractivity contribution >= 4 is 11.9 Å². The van der Waals surface area contributed by atoms with Crippen LogP contribution in [-0.2, 0) is 23.8 Å². The van der Waals surface area contributed by atoms with E-state index in [-0.39, 0.29) is 12.3 Å². The zero-order valence-corrected chi connectivity index (χ0v) is 12.1. The Morgan fingerprint density at radius 2 is 1.75 bits per heavy atom. The van der Waals surface area contributed by atoms with Gasteiger partial charge >= 0.3 is 11.9 Å². The summed E-state index contributed by atoms with van der Waals surface area (Å²) in [6, 6.07) is 0. The Hall–Kier alpha value is -1.88. The SMILES string of the molecule is C=C(C)C(=O)OC1CCCCO1.C=COC(=O)C(=C)C. The molecular weight excluding hydrogens is 260 g/mol. The summed E-state index contributed by atoms with van der Waals surface area (Å²) >= 11 is 0. The summed E-state index contributed by atoms with van der Waals surface area (Å²) in [5.41, 5.74) is 0.800. The molecule has 1 rings (SSSR count). The highest BCUT2D eigenvalue weighted by Crippen LogP contribution is 2.14. The molecule has 1 unspecified atom stereocenters. The number of hydrogen-bond donors (Lipinski definition) is 0. The van der Waals surface area contributed by atoms with Crippen molar-refractivity contribution < 1.29 is 23.8 Å². The van der Waals surface area contributed by atoms with Gasteiger partial charge in [0.25, 0.3) is 0 Å². The summed E-state index contributed by atoms with van der Waals surface area (Å²) in [7, 11) is 0. The lowest BCUT2D eigenvalue weighted by atomic mass is 10.2. The van der Waals surface area contributed by atoms with Gasteiger partial charge in [0.1, 0.15) is 0 Å². The van der Waals surface area contributed by atoms with Gasteiger partial charge in [0.05, 0.1) is 12.9 Å². The molecular formula is C15H22O5. The molecule has 0 aliphatic carbocycles. The van der Waals surface area contributed by atoms with Crippen molar-refractivity contribution in [1.29, 1.82) is 0 Å². The molecule has 1 heterocycles. The van der Waals surface area contributed by atoms with Gasteiger partial charge in [-0.25, -0.2) is 9.59 Å². The third kappa shape index (κ3) is 8.26. The summed E-state index contributed by atoms with van der Waals surface area (Å²) in [6.45, 7) is 13.9. The van der Waals surface area contributed by atoms with Crippen molar-refractivity contribution in [1.82, 2.24) is 0 Å². The van der Waals surface area contributed by atoms with Crippen LogP contribution < -0.4 is 0 Å². The van der Waals surface area contributed by atoms with E-state index in [0.717, 1.165) is 25.5 Å². The molecule has 5 nitrogen and oxygen atoms in total. The van der Waals surface area contributed by atoms with Crippen LogP contribution in [0.4, 0.5) is 0 Å². The summed E-state index contributed by atoms with van der Waals surface area (Å²) in [4.78, 5) is 21.4. The van der Waals surface area contributed by atoms with Gasteiger partial charge in [-0.3, -0.25) is 0 Å². The lowest BCUT2D eigenvalue weighted by Gasteiger charge is -2.22. The molecule has 1 aliphatic heterocycles. The molecule has 1 aliphatic rings. The van der Waals surface area contributed by atoms with Gasteiger partial charge in [0.2, 0.25) is 6.29 Å². The molecule has 1 atom stereocenters. The van der Waals surface area contributed by atoms with Crippen molar-refractivity contribution in [3.63, 3.8) is 0 Å². The van der Waals surface area contributed by atoms with Crippen LogP contribution in [0, 0.1) is 0 Å². The van der Waals surface area contributed by atoms with E-state index in [0.29, 0.717) is 17.8 Å². The Kier molecular flexibility index (Phi) is 9.04. The molecule has 0 N–H and O–H groups in total. The lowest BCUT2D eigenvalue weighted by Crippen LogP contribution is -2.25. The van der Waals surface area contributed by atoms with E-state index in [9.17, 15) is 9.59 Å². The van der Waals surface area contributed by atoms with Crippen LogP contribution in [0.2, 0.25) is 0 Å². The van der Waals surface area contributed by atoms with Crippen molar-refractivity contribution in [3.8, 4) is 0 Å². The van der Waals surface area contributed by atoms with Crippen molar-refractivity contribution in [2.45, 2.75) is 39.4 Å². The van der Waals surface area contributed by atoms with Crippen molar-refractivity contribution in [2.75, 3.05) is 6.61 Å². The normalized spacial score (nSPS) is 17.0. The van der Waals surface area contributed by atoms with Crippen molar-refractivity contribution in [2.24, 2.45) is 0 Å². The first kappa shape index (κ1) is 18.1. The first-order valence-corrected chi connectivity index (χ1v) is 6.34. The molecule has 0 saturated carbocycles. The molecule has 20 heavy (non-hydrogen) atoms. The highest BCUT2D eigenvalue weighted by Gasteiger charge is 2.17. The lowest BCUT2D eigenvalue weighted by molar-refractivity contribution is -0.182. The van der Waals surface area contributed by atoms with Crippen LogP contribution >= 0.6 is 0 Å². The molecule has 0 aromatic heterocycles. The van der Waals surface area contributed by atoms with Gasteiger partial charge in [-0.1, -0.05) is 19.7 Å². The largest absolute Gasteiger partial charge is 0.432 e. The molecule has 1 fully saturated rings. The van der Waals surface area contributed by atoms with Gasteiger partial charge in [0.15, 0.2) is 0 Å². The molecule has 0 bridgehead atoms. The fourth-order valence-corrected chi connectivity index (χ4v) is 1.20. The predicted octanol–water partition coefficient (Wildman–Crippen LogP) is 2.88. The van der Waals surface area contributed by atoms with Crippen LogP contribution in [0.15, 0.2) is 37.1 Å². The van der Waals surface area contributed by atoms with Crippen molar-refractivity contribution in [3.05, 3.63) is 37.1 Å². The molecule has 112 valence electrons. The first-order chi connectivity index (χ1) is 9.38. The maximum Gasteiger partial charge on any atom is 0.337 e. The Labute approximate surface area is 119 Å².